The summed E-state index contributed by atoms with van der Waals surface area (Å²) in [5.41, 5.74) is 3.43. The molecule has 2 aromatic carbocycles. The van der Waals surface area contributed by atoms with Crippen LogP contribution < -0.4 is 5.73 Å². The van der Waals surface area contributed by atoms with Crippen molar-refractivity contribution in [1.82, 2.24) is 19.7 Å². The van der Waals surface area contributed by atoms with Gasteiger partial charge in [-0.25, -0.2) is 27.2 Å². The first-order valence-corrected chi connectivity index (χ1v) is 13.0. The van der Waals surface area contributed by atoms with Crippen LogP contribution in [0.1, 0.15) is 57.1 Å². The highest BCUT2D eigenvalue weighted by Crippen LogP contribution is 2.39. The molecule has 3 rings (SSSR count). The standard InChI is InChI=1S/C28H32F7N5O2/c1-15(41)26(42)39(11-10-21(36)23(31)32)22(27(2,3)4)25-37-24(19-13-18(29)8-9-20(19)30)38-40(25)14-16-6-5-7-17(12-16)28(33,34)35/h5-9,12-13,15,21-23,41H,10-11,14,36H2,1-4H3/t15-,21+,22?/m0/s1. The van der Waals surface area contributed by atoms with E-state index in [9.17, 15) is 40.6 Å². The van der Waals surface area contributed by atoms with Crippen LogP contribution in [0.25, 0.3) is 11.4 Å². The van der Waals surface area contributed by atoms with E-state index in [1.807, 2.05) is 0 Å². The highest BCUT2D eigenvalue weighted by Gasteiger charge is 2.40. The van der Waals surface area contributed by atoms with E-state index in [0.717, 1.165) is 39.9 Å². The molecule has 1 heterocycles. The third kappa shape index (κ3) is 7.85. The van der Waals surface area contributed by atoms with Crippen molar-refractivity contribution in [2.24, 2.45) is 11.1 Å². The predicted molar refractivity (Wildman–Crippen MR) is 140 cm³/mol. The SMILES string of the molecule is C[C@H](O)C(=O)N(CC[C@@H](N)C(F)F)C(c1nc(-c2cc(F)ccc2F)nn1Cc1cccc(C(F)(F)F)c1)C(C)(C)C. The normalized spacial score (nSPS) is 14.6. The lowest BCUT2D eigenvalue weighted by atomic mass is 9.84. The van der Waals surface area contributed by atoms with Gasteiger partial charge in [-0.15, -0.1) is 0 Å². The first kappa shape index (κ1) is 33.0. The maximum Gasteiger partial charge on any atom is 0.416 e. The fourth-order valence-electron chi connectivity index (χ4n) is 4.49. The van der Waals surface area contributed by atoms with Crippen molar-refractivity contribution in [3.8, 4) is 11.4 Å². The number of alkyl halides is 5. The van der Waals surface area contributed by atoms with Gasteiger partial charge in [-0.1, -0.05) is 32.9 Å². The smallest absolute Gasteiger partial charge is 0.384 e. The van der Waals surface area contributed by atoms with Gasteiger partial charge in [0.15, 0.2) is 11.6 Å². The molecule has 0 saturated heterocycles. The monoisotopic (exact) mass is 603 g/mol. The number of aliphatic hydroxyl groups is 1. The Morgan fingerprint density at radius 3 is 2.33 bits per heavy atom. The first-order valence-electron chi connectivity index (χ1n) is 13.0. The summed E-state index contributed by atoms with van der Waals surface area (Å²) in [5.74, 6) is -2.92. The third-order valence-electron chi connectivity index (χ3n) is 6.50. The highest BCUT2D eigenvalue weighted by molar-refractivity contribution is 5.80. The fraction of sp³-hybridized carbons (Fsp3) is 0.464. The number of rotatable bonds is 10. The molecule has 42 heavy (non-hydrogen) atoms. The Bertz CT molecular complexity index is 1390. The minimum atomic E-state index is -4.64. The second-order valence-electron chi connectivity index (χ2n) is 11.0. The minimum absolute atomic E-state index is 0.0572. The van der Waals surface area contributed by atoms with Crippen LogP contribution in [0, 0.1) is 17.0 Å². The third-order valence-corrected chi connectivity index (χ3v) is 6.50. The van der Waals surface area contributed by atoms with E-state index in [2.05, 4.69) is 10.1 Å². The summed E-state index contributed by atoms with van der Waals surface area (Å²) in [6.45, 7) is 5.54. The number of halogens is 7. The van der Waals surface area contributed by atoms with Gasteiger partial charge in [0.2, 0.25) is 0 Å². The van der Waals surface area contributed by atoms with E-state index in [1.54, 1.807) is 20.8 Å². The molecule has 1 amide bonds. The molecular weight excluding hydrogens is 571 g/mol. The molecule has 3 atom stereocenters. The molecule has 3 N–H and O–H groups in total. The van der Waals surface area contributed by atoms with Crippen molar-refractivity contribution >= 4 is 5.91 Å². The van der Waals surface area contributed by atoms with Gasteiger partial charge in [0.1, 0.15) is 17.7 Å². The van der Waals surface area contributed by atoms with Crippen LogP contribution >= 0.6 is 0 Å². The molecule has 0 spiro atoms. The molecular formula is C28H32F7N5O2. The predicted octanol–water partition coefficient (Wildman–Crippen LogP) is 5.57. The van der Waals surface area contributed by atoms with Gasteiger partial charge in [-0.2, -0.15) is 18.3 Å². The van der Waals surface area contributed by atoms with Crippen molar-refractivity contribution in [3.05, 3.63) is 71.1 Å². The van der Waals surface area contributed by atoms with Gasteiger partial charge in [-0.05, 0) is 54.7 Å². The zero-order chi connectivity index (χ0) is 31.6. The quantitative estimate of drug-likeness (QED) is 0.296. The number of hydrogen-bond acceptors (Lipinski definition) is 5. The molecule has 0 aliphatic carbocycles. The lowest BCUT2D eigenvalue weighted by Crippen LogP contribution is -2.48. The number of nitrogens with zero attached hydrogens (tertiary/aromatic N) is 4. The second kappa shape index (κ2) is 12.8. The largest absolute Gasteiger partial charge is 0.416 e. The summed E-state index contributed by atoms with van der Waals surface area (Å²) >= 11 is 0. The van der Waals surface area contributed by atoms with Gasteiger partial charge in [0.25, 0.3) is 12.3 Å². The Hall–Kier alpha value is -3.52. The molecule has 0 radical (unpaired) electrons. The average molecular weight is 604 g/mol. The topological polar surface area (TPSA) is 97.3 Å². The Balaban J connectivity index is 2.24. The number of benzene rings is 2. The summed E-state index contributed by atoms with van der Waals surface area (Å²) in [6.07, 6.45) is -9.48. The van der Waals surface area contributed by atoms with Crippen molar-refractivity contribution in [3.63, 3.8) is 0 Å². The Morgan fingerprint density at radius 2 is 1.76 bits per heavy atom. The van der Waals surface area contributed by atoms with Crippen LogP contribution in [-0.2, 0) is 17.5 Å². The minimum Gasteiger partial charge on any atom is -0.384 e. The summed E-state index contributed by atoms with van der Waals surface area (Å²) in [4.78, 5) is 18.8. The number of carbonyl (C=O) groups excluding carboxylic acids is 1. The lowest BCUT2D eigenvalue weighted by molar-refractivity contribution is -0.145. The van der Waals surface area contributed by atoms with E-state index >= 15 is 0 Å². The van der Waals surface area contributed by atoms with Crippen LogP contribution in [0.2, 0.25) is 0 Å². The number of aromatic nitrogens is 3. The maximum atomic E-state index is 14.8. The van der Waals surface area contributed by atoms with Gasteiger partial charge >= 0.3 is 6.18 Å². The molecule has 230 valence electrons. The molecule has 0 aliphatic heterocycles. The summed E-state index contributed by atoms with van der Waals surface area (Å²) in [5, 5.41) is 14.5. The van der Waals surface area contributed by atoms with Gasteiger partial charge < -0.3 is 15.7 Å². The van der Waals surface area contributed by atoms with Crippen LogP contribution in [0.4, 0.5) is 30.7 Å². The van der Waals surface area contributed by atoms with E-state index in [4.69, 9.17) is 5.73 Å². The second-order valence-corrected chi connectivity index (χ2v) is 11.0. The summed E-state index contributed by atoms with van der Waals surface area (Å²) < 4.78 is 96.7. The van der Waals surface area contributed by atoms with Crippen LogP contribution in [-0.4, -0.2) is 55.8 Å². The molecule has 0 saturated carbocycles. The Kier molecular flexibility index (Phi) is 10.0. The fourth-order valence-corrected chi connectivity index (χ4v) is 4.49. The zero-order valence-corrected chi connectivity index (χ0v) is 23.3. The molecule has 7 nitrogen and oxygen atoms in total. The lowest BCUT2D eigenvalue weighted by Gasteiger charge is -2.40. The van der Waals surface area contributed by atoms with E-state index < -0.39 is 59.3 Å². The first-order chi connectivity index (χ1) is 19.4. The molecule has 0 aliphatic rings. The number of hydrogen-bond donors (Lipinski definition) is 2. The Labute approximate surface area is 238 Å². The van der Waals surface area contributed by atoms with Crippen LogP contribution in [0.15, 0.2) is 42.5 Å². The summed E-state index contributed by atoms with van der Waals surface area (Å²) in [6, 6.07) is 4.21. The van der Waals surface area contributed by atoms with Crippen molar-refractivity contribution in [2.75, 3.05) is 6.54 Å². The number of nitrogens with two attached hydrogens (primary N) is 1. The van der Waals surface area contributed by atoms with E-state index in [-0.39, 0.29) is 42.3 Å². The molecule has 14 heteroatoms. The van der Waals surface area contributed by atoms with Crippen molar-refractivity contribution < 1.29 is 40.6 Å². The number of carbonyl (C=O) groups is 1. The van der Waals surface area contributed by atoms with Gasteiger partial charge in [-0.3, -0.25) is 4.79 Å². The van der Waals surface area contributed by atoms with Crippen LogP contribution in [0.3, 0.4) is 0 Å². The highest BCUT2D eigenvalue weighted by atomic mass is 19.4. The zero-order valence-electron chi connectivity index (χ0n) is 23.3. The van der Waals surface area contributed by atoms with Crippen molar-refractivity contribution in [2.45, 2.75) is 71.4 Å². The van der Waals surface area contributed by atoms with E-state index in [0.29, 0.717) is 0 Å². The molecule has 3 aromatic rings. The summed E-state index contributed by atoms with van der Waals surface area (Å²) in [7, 11) is 0. The van der Waals surface area contributed by atoms with Gasteiger partial charge in [0, 0.05) is 6.54 Å². The molecule has 1 aromatic heterocycles. The molecule has 0 fully saturated rings. The number of amides is 1. The average Bonchev–Trinajstić information content (AvgIpc) is 3.28. The Morgan fingerprint density at radius 1 is 1.10 bits per heavy atom. The molecule has 1 unspecified atom stereocenters. The van der Waals surface area contributed by atoms with Gasteiger partial charge in [0.05, 0.1) is 29.8 Å². The maximum absolute atomic E-state index is 14.8. The number of aliphatic hydroxyl groups excluding tert-OH is 1. The molecule has 0 bridgehead atoms. The van der Waals surface area contributed by atoms with Crippen LogP contribution in [0.5, 0.6) is 0 Å². The van der Waals surface area contributed by atoms with Crippen molar-refractivity contribution in [1.29, 1.82) is 0 Å². The van der Waals surface area contributed by atoms with E-state index in [1.165, 1.54) is 19.1 Å².